The molecule has 3 N–H and O–H groups in total. The molecule has 2 amide bonds. The van der Waals surface area contributed by atoms with Gasteiger partial charge in [-0.3, -0.25) is 19.9 Å². The summed E-state index contributed by atoms with van der Waals surface area (Å²) < 4.78 is 20.8. The van der Waals surface area contributed by atoms with E-state index in [9.17, 15) is 14.0 Å². The SMILES string of the molecule is CCC/C=C\C(Br)=C/C(C)=NC(=NC)NC(=O)Cc1ccc(Oc2ncccc2C(N)=O)c(F)c1. The van der Waals surface area contributed by atoms with E-state index in [0.29, 0.717) is 11.3 Å². The Labute approximate surface area is 212 Å². The van der Waals surface area contributed by atoms with E-state index in [0.717, 1.165) is 17.3 Å². The van der Waals surface area contributed by atoms with Crippen LogP contribution >= 0.6 is 15.9 Å². The van der Waals surface area contributed by atoms with Crippen molar-refractivity contribution < 1.29 is 18.7 Å². The third kappa shape index (κ3) is 9.24. The first-order valence-electron chi connectivity index (χ1n) is 10.8. The minimum Gasteiger partial charge on any atom is -0.435 e. The van der Waals surface area contributed by atoms with E-state index >= 15 is 0 Å². The number of guanidine groups is 1. The van der Waals surface area contributed by atoms with Gasteiger partial charge in [0.15, 0.2) is 11.6 Å². The average molecular weight is 544 g/mol. The molecule has 10 heteroatoms. The molecule has 8 nitrogen and oxygen atoms in total. The molecule has 1 aromatic carbocycles. The van der Waals surface area contributed by atoms with Crippen LogP contribution in [0.1, 0.15) is 42.6 Å². The molecule has 0 aliphatic rings. The first-order chi connectivity index (χ1) is 16.7. The number of allylic oxidation sites excluding steroid dienone is 4. The van der Waals surface area contributed by atoms with Crippen LogP contribution < -0.4 is 15.8 Å². The van der Waals surface area contributed by atoms with Gasteiger partial charge in [-0.15, -0.1) is 0 Å². The van der Waals surface area contributed by atoms with Crippen LogP contribution in [0.2, 0.25) is 0 Å². The van der Waals surface area contributed by atoms with Crippen LogP contribution in [-0.2, 0) is 11.2 Å². The predicted molar refractivity (Wildman–Crippen MR) is 139 cm³/mol. The van der Waals surface area contributed by atoms with E-state index in [1.165, 1.54) is 43.6 Å². The molecule has 0 aliphatic carbocycles. The van der Waals surface area contributed by atoms with Crippen molar-refractivity contribution in [3.05, 3.63) is 76.2 Å². The maximum Gasteiger partial charge on any atom is 0.254 e. The van der Waals surface area contributed by atoms with Gasteiger partial charge in [0.1, 0.15) is 5.56 Å². The summed E-state index contributed by atoms with van der Waals surface area (Å²) in [4.78, 5) is 36.2. The van der Waals surface area contributed by atoms with Gasteiger partial charge in [0.25, 0.3) is 5.91 Å². The Balaban J connectivity index is 2.04. The Bertz CT molecular complexity index is 1190. The Morgan fingerprint density at radius 1 is 1.31 bits per heavy atom. The third-order valence-corrected chi connectivity index (χ3v) is 4.92. The van der Waals surface area contributed by atoms with E-state index in [-0.39, 0.29) is 29.6 Å². The van der Waals surface area contributed by atoms with Crippen LogP contribution in [0, 0.1) is 5.82 Å². The fraction of sp³-hybridized carbons (Fsp3) is 0.240. The molecule has 2 rings (SSSR count). The molecule has 0 unspecified atom stereocenters. The van der Waals surface area contributed by atoms with Gasteiger partial charge in [0.2, 0.25) is 17.7 Å². The summed E-state index contributed by atoms with van der Waals surface area (Å²) in [5, 5.41) is 2.61. The van der Waals surface area contributed by atoms with E-state index in [4.69, 9.17) is 10.5 Å². The molecule has 0 spiro atoms. The minimum atomic E-state index is -0.746. The van der Waals surface area contributed by atoms with Crippen molar-refractivity contribution in [3.8, 4) is 11.6 Å². The molecular weight excluding hydrogens is 517 g/mol. The molecule has 1 aromatic heterocycles. The van der Waals surface area contributed by atoms with Crippen LogP contribution in [0.15, 0.2) is 69.2 Å². The highest BCUT2D eigenvalue weighted by molar-refractivity contribution is 9.11. The van der Waals surface area contributed by atoms with Crippen molar-refractivity contribution in [2.24, 2.45) is 15.7 Å². The van der Waals surface area contributed by atoms with Gasteiger partial charge >= 0.3 is 0 Å². The van der Waals surface area contributed by atoms with Crippen molar-refractivity contribution in [2.75, 3.05) is 7.05 Å². The average Bonchev–Trinajstić information content (AvgIpc) is 2.80. The minimum absolute atomic E-state index is 0.0245. The maximum absolute atomic E-state index is 14.6. The van der Waals surface area contributed by atoms with Crippen molar-refractivity contribution in [3.63, 3.8) is 0 Å². The highest BCUT2D eigenvalue weighted by atomic mass is 79.9. The number of hydrogen-bond donors (Lipinski definition) is 2. The van der Waals surface area contributed by atoms with Gasteiger partial charge in [-0.25, -0.2) is 14.4 Å². The number of nitrogens with two attached hydrogens (primary N) is 1. The Kier molecular flexibility index (Phi) is 11.0. The standard InChI is InChI=1S/C25H27BrFN5O3/c1-4-5-6-8-18(26)13-16(2)31-25(29-3)32-22(33)15-17-10-11-21(20(27)14-17)35-24-19(23(28)34)9-7-12-30-24/h6-14H,4-5,15H2,1-3H3,(H2,28,34)(H,29,32,33)/b8-6-,18-13+,31-16?. The highest BCUT2D eigenvalue weighted by Crippen LogP contribution is 2.26. The number of aliphatic imine (C=N–C) groups is 2. The zero-order chi connectivity index (χ0) is 25.8. The summed E-state index contributed by atoms with van der Waals surface area (Å²) >= 11 is 3.45. The molecule has 1 heterocycles. The number of benzene rings is 1. The number of carbonyl (C=O) groups is 2. The second-order valence-corrected chi connectivity index (χ2v) is 8.25. The summed E-state index contributed by atoms with van der Waals surface area (Å²) in [6.07, 6.45) is 9.11. The highest BCUT2D eigenvalue weighted by Gasteiger charge is 2.15. The number of aromatic nitrogens is 1. The predicted octanol–water partition coefficient (Wildman–Crippen LogP) is 4.85. The number of rotatable bonds is 9. The first kappa shape index (κ1) is 27.6. The van der Waals surface area contributed by atoms with Gasteiger partial charge in [-0.1, -0.05) is 47.5 Å². The number of hydrogen-bond acceptors (Lipinski definition) is 5. The number of carbonyl (C=O) groups excluding carboxylic acids is 2. The third-order valence-electron chi connectivity index (χ3n) is 4.43. The largest absolute Gasteiger partial charge is 0.435 e. The lowest BCUT2D eigenvalue weighted by molar-refractivity contribution is -0.119. The molecule has 0 saturated heterocycles. The number of pyridine rings is 1. The van der Waals surface area contributed by atoms with Gasteiger partial charge in [-0.05, 0) is 49.2 Å². The van der Waals surface area contributed by atoms with Crippen LogP contribution in [0.3, 0.4) is 0 Å². The molecule has 0 saturated carbocycles. The summed E-state index contributed by atoms with van der Waals surface area (Å²) in [6.45, 7) is 3.88. The summed E-state index contributed by atoms with van der Waals surface area (Å²) in [7, 11) is 1.51. The Morgan fingerprint density at radius 3 is 2.74 bits per heavy atom. The number of nitrogens with zero attached hydrogens (tertiary/aromatic N) is 3. The quantitative estimate of drug-likeness (QED) is 0.266. The number of halogens is 2. The molecule has 0 bridgehead atoms. The fourth-order valence-corrected chi connectivity index (χ4v) is 3.32. The number of unbranched alkanes of at least 4 members (excludes halogenated alkanes) is 1. The van der Waals surface area contributed by atoms with E-state index in [2.05, 4.69) is 43.1 Å². The van der Waals surface area contributed by atoms with Crippen molar-refractivity contribution in [1.29, 1.82) is 0 Å². The smallest absolute Gasteiger partial charge is 0.254 e. The van der Waals surface area contributed by atoms with E-state index in [1.54, 1.807) is 6.92 Å². The number of ether oxygens (including phenoxy) is 1. The van der Waals surface area contributed by atoms with Crippen molar-refractivity contribution >= 4 is 39.4 Å². The number of primary amides is 1. The van der Waals surface area contributed by atoms with Gasteiger partial charge in [-0.2, -0.15) is 0 Å². The fourth-order valence-electron chi connectivity index (χ4n) is 2.80. The van der Waals surface area contributed by atoms with Gasteiger partial charge in [0.05, 0.1) is 6.42 Å². The second-order valence-electron chi connectivity index (χ2n) is 7.33. The van der Waals surface area contributed by atoms with Gasteiger partial charge in [0, 0.05) is 23.4 Å². The summed E-state index contributed by atoms with van der Waals surface area (Å²) in [5.41, 5.74) is 6.36. The molecule has 0 radical (unpaired) electrons. The van der Waals surface area contributed by atoms with Crippen LogP contribution in [0.4, 0.5) is 4.39 Å². The molecule has 35 heavy (non-hydrogen) atoms. The van der Waals surface area contributed by atoms with Crippen LogP contribution in [0.25, 0.3) is 0 Å². The van der Waals surface area contributed by atoms with Gasteiger partial charge < -0.3 is 10.5 Å². The second kappa shape index (κ2) is 13.9. The maximum atomic E-state index is 14.6. The first-order valence-corrected chi connectivity index (χ1v) is 11.6. The molecule has 0 fully saturated rings. The topological polar surface area (TPSA) is 119 Å². The monoisotopic (exact) mass is 543 g/mol. The lowest BCUT2D eigenvalue weighted by atomic mass is 10.1. The summed E-state index contributed by atoms with van der Waals surface area (Å²) in [5.74, 6) is -2.01. The molecule has 0 aliphatic heterocycles. The Morgan fingerprint density at radius 2 is 2.09 bits per heavy atom. The Hall–Kier alpha value is -3.66. The van der Waals surface area contributed by atoms with E-state index in [1.807, 2.05) is 18.2 Å². The summed E-state index contributed by atoms with van der Waals surface area (Å²) in [6, 6.07) is 7.00. The zero-order valence-electron chi connectivity index (χ0n) is 19.7. The lowest BCUT2D eigenvalue weighted by Gasteiger charge is -2.10. The van der Waals surface area contributed by atoms with Crippen molar-refractivity contribution in [1.82, 2.24) is 10.3 Å². The lowest BCUT2D eigenvalue weighted by Crippen LogP contribution is -2.31. The van der Waals surface area contributed by atoms with Crippen LogP contribution in [0.5, 0.6) is 11.6 Å². The number of nitrogens with one attached hydrogen (secondary N) is 1. The molecule has 0 atom stereocenters. The zero-order valence-corrected chi connectivity index (χ0v) is 21.3. The van der Waals surface area contributed by atoms with E-state index < -0.39 is 17.6 Å². The van der Waals surface area contributed by atoms with Crippen molar-refractivity contribution in [2.45, 2.75) is 33.1 Å². The normalized spacial score (nSPS) is 12.7. The molecule has 184 valence electrons. The molecule has 2 aromatic rings. The van der Waals surface area contributed by atoms with Crippen LogP contribution in [-0.4, -0.2) is 35.5 Å². The number of amides is 2. The molecular formula is C25H27BrFN5O3.